The first-order valence-electron chi connectivity index (χ1n) is 13.9. The number of aromatic nitrogens is 4. The summed E-state index contributed by atoms with van der Waals surface area (Å²) in [5.74, 6) is 1.24. The minimum atomic E-state index is -3.99. The summed E-state index contributed by atoms with van der Waals surface area (Å²) in [7, 11) is -3.99. The summed E-state index contributed by atoms with van der Waals surface area (Å²) in [5.41, 5.74) is 0.918. The molecule has 3 aromatic rings. The van der Waals surface area contributed by atoms with E-state index in [2.05, 4.69) is 20.0 Å². The Balaban J connectivity index is 1.72. The molecule has 1 unspecified atom stereocenters. The zero-order valence-electron chi connectivity index (χ0n) is 23.7. The van der Waals surface area contributed by atoms with Crippen LogP contribution in [0.4, 0.5) is 0 Å². The molecule has 1 aliphatic rings. The van der Waals surface area contributed by atoms with Gasteiger partial charge >= 0.3 is 0 Å². The Morgan fingerprint density at radius 3 is 2.62 bits per heavy atom. The highest BCUT2D eigenvalue weighted by Gasteiger charge is 2.29. The summed E-state index contributed by atoms with van der Waals surface area (Å²) in [6, 6.07) is 4.54. The molecule has 3 heterocycles. The molecule has 1 atom stereocenters. The van der Waals surface area contributed by atoms with Gasteiger partial charge in [-0.3, -0.25) is 9.69 Å². The maximum Gasteiger partial charge on any atom is 0.277 e. The van der Waals surface area contributed by atoms with Crippen LogP contribution in [-0.4, -0.2) is 101 Å². The van der Waals surface area contributed by atoms with Crippen LogP contribution in [0.5, 0.6) is 5.75 Å². The Morgan fingerprint density at radius 2 is 1.95 bits per heavy atom. The van der Waals surface area contributed by atoms with Crippen molar-refractivity contribution in [2.24, 2.45) is 0 Å². The third-order valence-electron chi connectivity index (χ3n) is 6.82. The molecule has 0 aliphatic carbocycles. The van der Waals surface area contributed by atoms with Crippen molar-refractivity contribution in [1.82, 2.24) is 28.8 Å². The lowest BCUT2D eigenvalue weighted by Crippen LogP contribution is -2.46. The molecule has 1 aliphatic heterocycles. The number of aromatic amines is 1. The third kappa shape index (κ3) is 6.55. The highest BCUT2D eigenvalue weighted by Crippen LogP contribution is 2.31. The van der Waals surface area contributed by atoms with Crippen molar-refractivity contribution in [3.63, 3.8) is 0 Å². The topological polar surface area (TPSA) is 142 Å². The van der Waals surface area contributed by atoms with E-state index in [9.17, 15) is 18.3 Å². The number of imidazole rings is 1. The molecule has 0 amide bonds. The van der Waals surface area contributed by atoms with Gasteiger partial charge in [-0.15, -0.1) is 5.10 Å². The number of morpholine rings is 1. The smallest absolute Gasteiger partial charge is 0.277 e. The average Bonchev–Trinajstić information content (AvgIpc) is 3.24. The number of aliphatic hydroxyl groups is 1. The number of hydrogen-bond donors (Lipinski definition) is 2. The Morgan fingerprint density at radius 1 is 1.20 bits per heavy atom. The van der Waals surface area contributed by atoms with E-state index in [4.69, 9.17) is 9.47 Å². The second-order valence-corrected chi connectivity index (χ2v) is 11.9. The first-order valence-corrected chi connectivity index (χ1v) is 15.4. The predicted molar refractivity (Wildman–Crippen MR) is 151 cm³/mol. The highest BCUT2D eigenvalue weighted by molar-refractivity contribution is 7.89. The van der Waals surface area contributed by atoms with E-state index in [1.807, 2.05) is 20.8 Å². The van der Waals surface area contributed by atoms with Crippen LogP contribution in [0, 0.1) is 6.92 Å². The van der Waals surface area contributed by atoms with E-state index >= 15 is 0 Å². The summed E-state index contributed by atoms with van der Waals surface area (Å²) < 4.78 is 41.7. The van der Waals surface area contributed by atoms with Gasteiger partial charge in [-0.05, 0) is 44.9 Å². The van der Waals surface area contributed by atoms with Gasteiger partial charge in [0, 0.05) is 39.1 Å². The van der Waals surface area contributed by atoms with Crippen molar-refractivity contribution in [3.05, 3.63) is 40.1 Å². The highest BCUT2D eigenvalue weighted by atomic mass is 32.2. The Kier molecular flexibility index (Phi) is 9.95. The van der Waals surface area contributed by atoms with Crippen LogP contribution in [0.3, 0.4) is 0 Å². The maximum absolute atomic E-state index is 13.9. The predicted octanol–water partition coefficient (Wildman–Crippen LogP) is 1.84. The number of fused-ring (bicyclic) bond motifs is 1. The van der Waals surface area contributed by atoms with Gasteiger partial charge in [0.25, 0.3) is 5.56 Å². The normalized spacial score (nSPS) is 15.7. The van der Waals surface area contributed by atoms with E-state index in [1.165, 1.54) is 21.0 Å². The second kappa shape index (κ2) is 13.2. The van der Waals surface area contributed by atoms with E-state index < -0.39 is 16.1 Å². The minimum Gasteiger partial charge on any atom is -0.493 e. The summed E-state index contributed by atoms with van der Waals surface area (Å²) in [6.45, 7) is 11.0. The number of aryl methyl sites for hydroxylation is 2. The fraction of sp³-hybridized carbons (Fsp3) is 0.593. The number of hydrogen-bond acceptors (Lipinski definition) is 9. The molecule has 1 saturated heterocycles. The van der Waals surface area contributed by atoms with Gasteiger partial charge in [-0.2, -0.15) is 4.31 Å². The van der Waals surface area contributed by atoms with Crippen LogP contribution in [-0.2, 0) is 21.2 Å². The summed E-state index contributed by atoms with van der Waals surface area (Å²) in [5, 5.41) is 15.5. The molecule has 220 valence electrons. The van der Waals surface area contributed by atoms with E-state index in [0.29, 0.717) is 80.6 Å². The molecule has 13 heteroatoms. The zero-order valence-corrected chi connectivity index (χ0v) is 24.5. The molecule has 0 bridgehead atoms. The summed E-state index contributed by atoms with van der Waals surface area (Å²) in [4.78, 5) is 22.5. The Labute approximate surface area is 235 Å². The van der Waals surface area contributed by atoms with Gasteiger partial charge in [0.05, 0.1) is 42.1 Å². The maximum atomic E-state index is 13.9. The Bertz CT molecular complexity index is 1460. The molecule has 1 aromatic carbocycles. The summed E-state index contributed by atoms with van der Waals surface area (Å²) >= 11 is 0. The number of aliphatic hydroxyl groups excluding tert-OH is 1. The number of benzene rings is 1. The van der Waals surface area contributed by atoms with Gasteiger partial charge in [0.1, 0.15) is 11.6 Å². The van der Waals surface area contributed by atoms with Gasteiger partial charge < -0.3 is 19.6 Å². The van der Waals surface area contributed by atoms with Crippen LogP contribution in [0.25, 0.3) is 16.9 Å². The lowest BCUT2D eigenvalue weighted by atomic mass is 10.2. The van der Waals surface area contributed by atoms with E-state index in [1.54, 1.807) is 13.0 Å². The first kappa shape index (κ1) is 30.1. The lowest BCUT2D eigenvalue weighted by Gasteiger charge is -2.31. The van der Waals surface area contributed by atoms with E-state index in [-0.39, 0.29) is 29.4 Å². The van der Waals surface area contributed by atoms with Crippen LogP contribution >= 0.6 is 0 Å². The second-order valence-electron chi connectivity index (χ2n) is 9.95. The van der Waals surface area contributed by atoms with Crippen molar-refractivity contribution in [2.75, 3.05) is 52.5 Å². The number of sulfonamides is 1. The third-order valence-corrected chi connectivity index (χ3v) is 8.68. The molecule has 0 spiro atoms. The number of β-amino-alcohol motifs (C(OH)–C–C–N with tert-alkyl or cyclic N) is 1. The van der Waals surface area contributed by atoms with Gasteiger partial charge in [-0.1, -0.05) is 13.8 Å². The van der Waals surface area contributed by atoms with Crippen molar-refractivity contribution < 1.29 is 23.0 Å². The number of nitrogens with one attached hydrogen (secondary N) is 1. The first-order chi connectivity index (χ1) is 19.2. The molecule has 0 radical (unpaired) electrons. The monoisotopic (exact) mass is 576 g/mol. The minimum absolute atomic E-state index is 0.0244. The van der Waals surface area contributed by atoms with Crippen molar-refractivity contribution in [1.29, 1.82) is 0 Å². The largest absolute Gasteiger partial charge is 0.493 e. The fourth-order valence-electron chi connectivity index (χ4n) is 4.96. The number of rotatable bonds is 13. The molecular weight excluding hydrogens is 536 g/mol. The fourth-order valence-corrected chi connectivity index (χ4v) is 6.56. The van der Waals surface area contributed by atoms with Crippen molar-refractivity contribution in [2.45, 2.75) is 58.0 Å². The van der Waals surface area contributed by atoms with Crippen molar-refractivity contribution in [3.8, 4) is 17.1 Å². The molecule has 40 heavy (non-hydrogen) atoms. The van der Waals surface area contributed by atoms with Gasteiger partial charge in [-0.25, -0.2) is 17.9 Å². The average molecular weight is 577 g/mol. The van der Waals surface area contributed by atoms with Gasteiger partial charge in [0.2, 0.25) is 10.0 Å². The SMILES string of the molecule is CCCc1nc(C)c2c(=O)[nH]c(-c3cc(S(=O)(=O)N(CCC)CC(O)CN4CCOCC4)ccc3OCC)nn12. The molecule has 4 rings (SSSR count). The molecule has 12 nitrogen and oxygen atoms in total. The van der Waals surface area contributed by atoms with Crippen LogP contribution in [0.15, 0.2) is 27.9 Å². The zero-order chi connectivity index (χ0) is 28.9. The molecule has 1 fully saturated rings. The standard InChI is InChI=1S/C27H40N6O6S/c1-5-8-24-28-19(4)25-27(35)29-26(30-33(24)25)22-16-21(9-10-23(22)39-7-3)40(36,37)32(11-6-2)18-20(34)17-31-12-14-38-15-13-31/h9-10,16,20,34H,5-8,11-15,17-18H2,1-4H3,(H,29,30,35). The number of nitrogens with zero attached hydrogens (tertiary/aromatic N) is 5. The number of ether oxygens (including phenoxy) is 2. The van der Waals surface area contributed by atoms with Gasteiger partial charge in [0.15, 0.2) is 11.3 Å². The molecular formula is C27H40N6O6S. The summed E-state index contributed by atoms with van der Waals surface area (Å²) in [6.07, 6.45) is 1.18. The number of H-pyrrole nitrogens is 1. The molecule has 0 saturated carbocycles. The van der Waals surface area contributed by atoms with Crippen molar-refractivity contribution >= 4 is 15.5 Å². The quantitative estimate of drug-likeness (QED) is 0.312. The molecule has 2 N–H and O–H groups in total. The van der Waals surface area contributed by atoms with Crippen LogP contribution < -0.4 is 10.3 Å². The van der Waals surface area contributed by atoms with Crippen LogP contribution in [0.2, 0.25) is 0 Å². The lowest BCUT2D eigenvalue weighted by molar-refractivity contribution is 0.0115. The van der Waals surface area contributed by atoms with E-state index in [0.717, 1.165) is 6.42 Å². The molecule has 2 aromatic heterocycles. The van der Waals surface area contributed by atoms with Crippen LogP contribution in [0.1, 0.15) is 45.1 Å². The Hall–Kier alpha value is -2.84.